The Morgan fingerprint density at radius 3 is 3.06 bits per heavy atom. The predicted octanol–water partition coefficient (Wildman–Crippen LogP) is 1.38. The minimum atomic E-state index is -0.321. The number of nitrogens with one attached hydrogen (secondary N) is 1. The molecule has 1 aromatic carbocycles. The number of carbonyl (C=O) groups is 1. The van der Waals surface area contributed by atoms with Crippen molar-refractivity contribution in [3.63, 3.8) is 0 Å². The van der Waals surface area contributed by atoms with Crippen molar-refractivity contribution in [2.45, 2.75) is 13.0 Å². The van der Waals surface area contributed by atoms with E-state index in [0.29, 0.717) is 18.7 Å². The Morgan fingerprint density at radius 1 is 1.44 bits per heavy atom. The van der Waals surface area contributed by atoms with Crippen molar-refractivity contribution in [1.29, 1.82) is 0 Å². The first kappa shape index (κ1) is 12.3. The van der Waals surface area contributed by atoms with E-state index >= 15 is 0 Å². The molecule has 2 aromatic rings. The molecule has 1 N–H and O–H groups in total. The van der Waals surface area contributed by atoms with E-state index < -0.39 is 0 Å². The van der Waals surface area contributed by atoms with Crippen LogP contribution in [0.3, 0.4) is 0 Å². The van der Waals surface area contributed by atoms with Gasteiger partial charge in [-0.2, -0.15) is 0 Å². The Hall–Kier alpha value is -2.17. The standard InChI is InChI=1S/C13H14FN3O/c14-12-3-1-2-11(8-12)9-13(18)16-5-7-17-6-4-15-10-17/h1-4,6,8,10H,5,7,9H2,(H,16,18). The van der Waals surface area contributed by atoms with Gasteiger partial charge in [-0.15, -0.1) is 0 Å². The Bertz CT molecular complexity index is 511. The van der Waals surface area contributed by atoms with Gasteiger partial charge in [-0.1, -0.05) is 12.1 Å². The molecule has 0 unspecified atom stereocenters. The molecule has 18 heavy (non-hydrogen) atoms. The zero-order chi connectivity index (χ0) is 12.8. The third-order valence-electron chi connectivity index (χ3n) is 2.51. The Morgan fingerprint density at radius 2 is 2.33 bits per heavy atom. The molecule has 94 valence electrons. The summed E-state index contributed by atoms with van der Waals surface area (Å²) in [7, 11) is 0. The van der Waals surface area contributed by atoms with Crippen molar-refractivity contribution in [2.24, 2.45) is 0 Å². The number of aromatic nitrogens is 2. The predicted molar refractivity (Wildman–Crippen MR) is 65.3 cm³/mol. The third kappa shape index (κ3) is 3.69. The average molecular weight is 247 g/mol. The second-order valence-corrected chi connectivity index (χ2v) is 3.96. The van der Waals surface area contributed by atoms with Crippen molar-refractivity contribution < 1.29 is 9.18 Å². The van der Waals surface area contributed by atoms with Crippen LogP contribution in [0.25, 0.3) is 0 Å². The van der Waals surface area contributed by atoms with Crippen LogP contribution in [0, 0.1) is 5.82 Å². The van der Waals surface area contributed by atoms with E-state index in [-0.39, 0.29) is 18.1 Å². The monoisotopic (exact) mass is 247 g/mol. The van der Waals surface area contributed by atoms with Gasteiger partial charge < -0.3 is 9.88 Å². The molecule has 0 aliphatic carbocycles. The lowest BCUT2D eigenvalue weighted by Crippen LogP contribution is -2.28. The molecule has 0 atom stereocenters. The van der Waals surface area contributed by atoms with E-state index in [9.17, 15) is 9.18 Å². The molecule has 4 nitrogen and oxygen atoms in total. The van der Waals surface area contributed by atoms with Crippen molar-refractivity contribution >= 4 is 5.91 Å². The lowest BCUT2D eigenvalue weighted by atomic mass is 10.1. The fourth-order valence-electron chi connectivity index (χ4n) is 1.64. The molecule has 2 rings (SSSR count). The summed E-state index contributed by atoms with van der Waals surface area (Å²) >= 11 is 0. The molecule has 0 spiro atoms. The summed E-state index contributed by atoms with van der Waals surface area (Å²) in [5.41, 5.74) is 0.676. The van der Waals surface area contributed by atoms with E-state index in [2.05, 4.69) is 10.3 Å². The lowest BCUT2D eigenvalue weighted by molar-refractivity contribution is -0.120. The first-order valence-electron chi connectivity index (χ1n) is 5.71. The Kier molecular flexibility index (Phi) is 4.06. The molecule has 1 aromatic heterocycles. The number of imidazole rings is 1. The van der Waals surface area contributed by atoms with Crippen molar-refractivity contribution in [3.05, 3.63) is 54.4 Å². The van der Waals surface area contributed by atoms with Gasteiger partial charge in [0.2, 0.25) is 5.91 Å². The molecule has 0 aliphatic rings. The second kappa shape index (κ2) is 5.95. The van der Waals surface area contributed by atoms with Gasteiger partial charge in [0.1, 0.15) is 5.82 Å². The summed E-state index contributed by atoms with van der Waals surface area (Å²) in [6.45, 7) is 1.21. The van der Waals surface area contributed by atoms with Crippen LogP contribution in [-0.2, 0) is 17.8 Å². The maximum atomic E-state index is 12.9. The molecular formula is C13H14FN3O. The molecule has 0 saturated heterocycles. The Balaban J connectivity index is 1.75. The highest BCUT2D eigenvalue weighted by Gasteiger charge is 2.03. The van der Waals surface area contributed by atoms with Crippen molar-refractivity contribution in [2.75, 3.05) is 6.54 Å². The van der Waals surface area contributed by atoms with E-state index in [4.69, 9.17) is 0 Å². The molecule has 5 heteroatoms. The van der Waals surface area contributed by atoms with Gasteiger partial charge in [0.05, 0.1) is 12.7 Å². The van der Waals surface area contributed by atoms with E-state index in [1.165, 1.54) is 12.1 Å². The van der Waals surface area contributed by atoms with E-state index in [1.807, 2.05) is 10.8 Å². The van der Waals surface area contributed by atoms with Crippen LogP contribution < -0.4 is 5.32 Å². The molecular weight excluding hydrogens is 233 g/mol. The molecule has 0 fully saturated rings. The van der Waals surface area contributed by atoms with Gasteiger partial charge in [0, 0.05) is 25.5 Å². The van der Waals surface area contributed by atoms with Crippen molar-refractivity contribution in [1.82, 2.24) is 14.9 Å². The smallest absolute Gasteiger partial charge is 0.224 e. The number of hydrogen-bond donors (Lipinski definition) is 1. The highest BCUT2D eigenvalue weighted by Crippen LogP contribution is 2.03. The Labute approximate surface area is 104 Å². The number of carbonyl (C=O) groups excluding carboxylic acids is 1. The number of nitrogens with zero attached hydrogens (tertiary/aromatic N) is 2. The number of halogens is 1. The normalized spacial score (nSPS) is 10.3. The van der Waals surface area contributed by atoms with E-state index in [0.717, 1.165) is 0 Å². The number of hydrogen-bond acceptors (Lipinski definition) is 2. The van der Waals surface area contributed by atoms with E-state index in [1.54, 1.807) is 24.7 Å². The minimum Gasteiger partial charge on any atom is -0.354 e. The van der Waals surface area contributed by atoms with Gasteiger partial charge in [-0.05, 0) is 17.7 Å². The minimum absolute atomic E-state index is 0.110. The SMILES string of the molecule is O=C(Cc1cccc(F)c1)NCCn1ccnc1. The summed E-state index contributed by atoms with van der Waals surface area (Å²) in [4.78, 5) is 15.5. The lowest BCUT2D eigenvalue weighted by Gasteiger charge is -2.06. The highest BCUT2D eigenvalue weighted by atomic mass is 19.1. The second-order valence-electron chi connectivity index (χ2n) is 3.96. The summed E-state index contributed by atoms with van der Waals surface area (Å²) in [5, 5.41) is 2.78. The zero-order valence-corrected chi connectivity index (χ0v) is 9.84. The molecule has 0 saturated carbocycles. The van der Waals surface area contributed by atoms with Gasteiger partial charge in [0.15, 0.2) is 0 Å². The number of rotatable bonds is 5. The van der Waals surface area contributed by atoms with Crippen LogP contribution in [0.4, 0.5) is 4.39 Å². The van der Waals surface area contributed by atoms with Crippen LogP contribution >= 0.6 is 0 Å². The molecule has 0 bridgehead atoms. The summed E-state index contributed by atoms with van der Waals surface area (Å²) in [6, 6.07) is 6.07. The van der Waals surface area contributed by atoms with Gasteiger partial charge in [-0.25, -0.2) is 9.37 Å². The maximum Gasteiger partial charge on any atom is 0.224 e. The fraction of sp³-hybridized carbons (Fsp3) is 0.231. The summed E-state index contributed by atoms with van der Waals surface area (Å²) in [5.74, 6) is -0.431. The van der Waals surface area contributed by atoms with Crippen molar-refractivity contribution in [3.8, 4) is 0 Å². The van der Waals surface area contributed by atoms with Gasteiger partial charge >= 0.3 is 0 Å². The number of amides is 1. The van der Waals surface area contributed by atoms with Crippen LogP contribution in [0.1, 0.15) is 5.56 Å². The highest BCUT2D eigenvalue weighted by molar-refractivity contribution is 5.78. The first-order valence-corrected chi connectivity index (χ1v) is 5.71. The average Bonchev–Trinajstić information content (AvgIpc) is 2.82. The first-order chi connectivity index (χ1) is 8.74. The third-order valence-corrected chi connectivity index (χ3v) is 2.51. The van der Waals surface area contributed by atoms with Crippen LogP contribution in [0.2, 0.25) is 0 Å². The van der Waals surface area contributed by atoms with Gasteiger partial charge in [0.25, 0.3) is 0 Å². The maximum absolute atomic E-state index is 12.9. The number of benzene rings is 1. The van der Waals surface area contributed by atoms with Crippen LogP contribution in [0.15, 0.2) is 43.0 Å². The van der Waals surface area contributed by atoms with Gasteiger partial charge in [-0.3, -0.25) is 4.79 Å². The van der Waals surface area contributed by atoms with Crippen LogP contribution in [0.5, 0.6) is 0 Å². The molecule has 0 radical (unpaired) electrons. The summed E-state index contributed by atoms with van der Waals surface area (Å²) in [6.07, 6.45) is 5.41. The molecule has 1 amide bonds. The quantitative estimate of drug-likeness (QED) is 0.867. The fourth-order valence-corrected chi connectivity index (χ4v) is 1.64. The molecule has 0 aliphatic heterocycles. The zero-order valence-electron chi connectivity index (χ0n) is 9.84. The largest absolute Gasteiger partial charge is 0.354 e. The molecule has 1 heterocycles. The van der Waals surface area contributed by atoms with Crippen LogP contribution in [-0.4, -0.2) is 22.0 Å². The topological polar surface area (TPSA) is 46.9 Å². The summed E-state index contributed by atoms with van der Waals surface area (Å²) < 4.78 is 14.8.